The highest BCUT2D eigenvalue weighted by molar-refractivity contribution is 5.83. The van der Waals surface area contributed by atoms with Gasteiger partial charge < -0.3 is 10.6 Å². The highest BCUT2D eigenvalue weighted by Gasteiger charge is 2.24. The van der Waals surface area contributed by atoms with Crippen LogP contribution in [0.1, 0.15) is 45.4 Å². The second-order valence-electron chi connectivity index (χ2n) is 5.43. The van der Waals surface area contributed by atoms with Crippen molar-refractivity contribution in [1.82, 2.24) is 16.0 Å². The lowest BCUT2D eigenvalue weighted by molar-refractivity contribution is -0.124. The number of hydrogen-bond acceptors (Lipinski definition) is 3. The molecule has 2 aliphatic carbocycles. The lowest BCUT2D eigenvalue weighted by Crippen LogP contribution is -2.48. The van der Waals surface area contributed by atoms with Crippen molar-refractivity contribution < 1.29 is 9.59 Å². The molecule has 0 bridgehead atoms. The van der Waals surface area contributed by atoms with Gasteiger partial charge in [-0.3, -0.25) is 14.9 Å². The second-order valence-corrected chi connectivity index (χ2v) is 5.43. The number of carbonyl (C=O) groups excluding carboxylic acids is 2. The Morgan fingerprint density at radius 2 is 1.67 bits per heavy atom. The number of rotatable bonds is 6. The van der Waals surface area contributed by atoms with Crippen molar-refractivity contribution in [1.29, 1.82) is 0 Å². The van der Waals surface area contributed by atoms with Gasteiger partial charge in [-0.05, 0) is 32.6 Å². The molecule has 0 aromatic rings. The molecule has 0 aromatic heterocycles. The van der Waals surface area contributed by atoms with Crippen LogP contribution >= 0.6 is 0 Å². The Kier molecular flexibility index (Phi) is 4.58. The summed E-state index contributed by atoms with van der Waals surface area (Å²) in [5, 5.41) is 8.88. The van der Waals surface area contributed by atoms with Gasteiger partial charge in [-0.2, -0.15) is 0 Å². The number of amides is 2. The van der Waals surface area contributed by atoms with Gasteiger partial charge in [0.05, 0.1) is 12.6 Å². The van der Waals surface area contributed by atoms with Gasteiger partial charge in [-0.1, -0.05) is 12.8 Å². The van der Waals surface area contributed by atoms with Gasteiger partial charge in [0.2, 0.25) is 11.8 Å². The smallest absolute Gasteiger partial charge is 0.237 e. The molecular weight excluding hydrogens is 230 g/mol. The topological polar surface area (TPSA) is 70.2 Å². The van der Waals surface area contributed by atoms with Crippen molar-refractivity contribution in [2.75, 3.05) is 6.54 Å². The lowest BCUT2D eigenvalue weighted by atomic mass is 10.2. The molecule has 0 spiro atoms. The monoisotopic (exact) mass is 253 g/mol. The zero-order valence-electron chi connectivity index (χ0n) is 11.0. The van der Waals surface area contributed by atoms with Gasteiger partial charge in [-0.15, -0.1) is 0 Å². The maximum absolute atomic E-state index is 11.8. The van der Waals surface area contributed by atoms with E-state index in [0.717, 1.165) is 25.7 Å². The Labute approximate surface area is 108 Å². The summed E-state index contributed by atoms with van der Waals surface area (Å²) in [6, 6.07) is 0.402. The number of nitrogens with one attached hydrogen (secondary N) is 3. The van der Waals surface area contributed by atoms with Crippen molar-refractivity contribution in [3.63, 3.8) is 0 Å². The van der Waals surface area contributed by atoms with Crippen molar-refractivity contribution in [3.8, 4) is 0 Å². The van der Waals surface area contributed by atoms with Crippen molar-refractivity contribution in [2.45, 2.75) is 63.6 Å². The van der Waals surface area contributed by atoms with Gasteiger partial charge in [0, 0.05) is 12.1 Å². The minimum atomic E-state index is -0.310. The van der Waals surface area contributed by atoms with E-state index < -0.39 is 0 Å². The van der Waals surface area contributed by atoms with Crippen LogP contribution < -0.4 is 16.0 Å². The molecule has 5 nitrogen and oxygen atoms in total. The van der Waals surface area contributed by atoms with E-state index in [2.05, 4.69) is 16.0 Å². The second kappa shape index (κ2) is 6.18. The first-order valence-corrected chi connectivity index (χ1v) is 6.98. The Morgan fingerprint density at radius 1 is 1.06 bits per heavy atom. The van der Waals surface area contributed by atoms with Crippen LogP contribution in [-0.4, -0.2) is 36.5 Å². The fraction of sp³-hybridized carbons (Fsp3) is 0.846. The molecule has 2 aliphatic rings. The molecule has 0 aliphatic heterocycles. The fourth-order valence-electron chi connectivity index (χ4n) is 2.24. The third-order valence-corrected chi connectivity index (χ3v) is 3.61. The van der Waals surface area contributed by atoms with Crippen LogP contribution in [-0.2, 0) is 9.59 Å². The average Bonchev–Trinajstić information content (AvgIpc) is 3.00. The van der Waals surface area contributed by atoms with Crippen LogP contribution in [0.3, 0.4) is 0 Å². The summed E-state index contributed by atoms with van der Waals surface area (Å²) < 4.78 is 0. The van der Waals surface area contributed by atoms with E-state index in [0.29, 0.717) is 12.1 Å². The molecule has 0 aromatic carbocycles. The summed E-state index contributed by atoms with van der Waals surface area (Å²) in [6.45, 7) is 2.02. The van der Waals surface area contributed by atoms with Crippen LogP contribution in [0, 0.1) is 0 Å². The number of hydrogen-bond donors (Lipinski definition) is 3. The summed E-state index contributed by atoms with van der Waals surface area (Å²) in [4.78, 5) is 23.3. The third-order valence-electron chi connectivity index (χ3n) is 3.61. The fourth-order valence-corrected chi connectivity index (χ4v) is 2.24. The Bertz CT molecular complexity index is 309. The molecule has 0 heterocycles. The number of carbonyl (C=O) groups is 2. The van der Waals surface area contributed by atoms with Gasteiger partial charge in [0.25, 0.3) is 0 Å². The summed E-state index contributed by atoms with van der Waals surface area (Å²) in [6.07, 6.45) is 6.75. The summed E-state index contributed by atoms with van der Waals surface area (Å²) in [5.41, 5.74) is 0. The average molecular weight is 253 g/mol. The molecule has 2 rings (SSSR count). The third kappa shape index (κ3) is 4.29. The largest absolute Gasteiger partial charge is 0.352 e. The molecule has 2 saturated carbocycles. The van der Waals surface area contributed by atoms with Crippen LogP contribution in [0.2, 0.25) is 0 Å². The predicted molar refractivity (Wildman–Crippen MR) is 69.0 cm³/mol. The molecule has 3 N–H and O–H groups in total. The van der Waals surface area contributed by atoms with E-state index in [1.165, 1.54) is 12.8 Å². The molecule has 2 amide bonds. The molecule has 18 heavy (non-hydrogen) atoms. The van der Waals surface area contributed by atoms with E-state index in [4.69, 9.17) is 0 Å². The molecule has 2 fully saturated rings. The van der Waals surface area contributed by atoms with E-state index in [1.807, 2.05) is 0 Å². The van der Waals surface area contributed by atoms with Gasteiger partial charge in [0.15, 0.2) is 0 Å². The summed E-state index contributed by atoms with van der Waals surface area (Å²) in [7, 11) is 0. The Balaban J connectivity index is 1.61. The maximum Gasteiger partial charge on any atom is 0.237 e. The van der Waals surface area contributed by atoms with Crippen molar-refractivity contribution in [3.05, 3.63) is 0 Å². The molecular formula is C13H23N3O2. The molecule has 1 atom stereocenters. The van der Waals surface area contributed by atoms with Crippen LogP contribution in [0.25, 0.3) is 0 Å². The first kappa shape index (κ1) is 13.3. The highest BCUT2D eigenvalue weighted by atomic mass is 16.2. The summed E-state index contributed by atoms with van der Waals surface area (Å²) >= 11 is 0. The van der Waals surface area contributed by atoms with Crippen molar-refractivity contribution in [2.24, 2.45) is 0 Å². The molecule has 102 valence electrons. The Morgan fingerprint density at radius 3 is 2.28 bits per heavy atom. The highest BCUT2D eigenvalue weighted by Crippen LogP contribution is 2.18. The Hall–Kier alpha value is -1.10. The van der Waals surface area contributed by atoms with E-state index in [9.17, 15) is 9.59 Å². The van der Waals surface area contributed by atoms with E-state index in [-0.39, 0.29) is 24.4 Å². The van der Waals surface area contributed by atoms with Crippen LogP contribution in [0.5, 0.6) is 0 Å². The summed E-state index contributed by atoms with van der Waals surface area (Å²) in [5.74, 6) is -0.0147. The first-order chi connectivity index (χ1) is 8.65. The molecule has 0 radical (unpaired) electrons. The minimum absolute atomic E-state index is 0.00104. The zero-order valence-corrected chi connectivity index (χ0v) is 11.0. The van der Waals surface area contributed by atoms with Gasteiger partial charge in [-0.25, -0.2) is 0 Å². The maximum atomic E-state index is 11.8. The van der Waals surface area contributed by atoms with Crippen molar-refractivity contribution >= 4 is 11.8 Å². The molecule has 5 heteroatoms. The van der Waals surface area contributed by atoms with Gasteiger partial charge in [0.1, 0.15) is 0 Å². The quantitative estimate of drug-likeness (QED) is 0.638. The standard InChI is InChI=1S/C13H23N3O2/c1-9(13(18)16-10-4-2-3-5-10)14-8-12(17)15-11-6-7-11/h9-11,14H,2-8H2,1H3,(H,15,17)(H,16,18). The zero-order chi connectivity index (χ0) is 13.0. The van der Waals surface area contributed by atoms with Crippen LogP contribution in [0.4, 0.5) is 0 Å². The first-order valence-electron chi connectivity index (χ1n) is 6.98. The van der Waals surface area contributed by atoms with Gasteiger partial charge >= 0.3 is 0 Å². The van der Waals surface area contributed by atoms with E-state index in [1.54, 1.807) is 6.92 Å². The van der Waals surface area contributed by atoms with Crippen LogP contribution in [0.15, 0.2) is 0 Å². The SMILES string of the molecule is CC(NCC(=O)NC1CC1)C(=O)NC1CCCC1. The lowest BCUT2D eigenvalue weighted by Gasteiger charge is -2.17. The van der Waals surface area contributed by atoms with E-state index >= 15 is 0 Å². The normalized spacial score (nSPS) is 21.6. The molecule has 0 saturated heterocycles. The molecule has 1 unspecified atom stereocenters. The predicted octanol–water partition coefficient (Wildman–Crippen LogP) is 0.302. The minimum Gasteiger partial charge on any atom is -0.352 e.